The molecule has 0 aromatic heterocycles. The van der Waals surface area contributed by atoms with Crippen molar-refractivity contribution in [1.82, 2.24) is 3.89 Å². The predicted octanol–water partition coefficient (Wildman–Crippen LogP) is 3.69. The zero-order valence-electron chi connectivity index (χ0n) is 15.0. The van der Waals surface area contributed by atoms with Crippen molar-refractivity contribution in [2.24, 2.45) is 5.73 Å². The number of para-hydroxylation sites is 1. The third-order valence-corrected chi connectivity index (χ3v) is 6.71. The Bertz CT molecular complexity index is 985. The molecule has 0 saturated carbocycles. The van der Waals surface area contributed by atoms with Crippen LogP contribution in [0.1, 0.15) is 6.92 Å². The third-order valence-electron chi connectivity index (χ3n) is 4.52. The molecule has 7 heteroatoms. The van der Waals surface area contributed by atoms with Gasteiger partial charge in [-0.05, 0) is 37.3 Å². The van der Waals surface area contributed by atoms with Crippen molar-refractivity contribution < 1.29 is 17.5 Å². The van der Waals surface area contributed by atoms with Crippen LogP contribution in [0.4, 0.5) is 10.1 Å². The van der Waals surface area contributed by atoms with E-state index in [0.29, 0.717) is 11.4 Å². The van der Waals surface area contributed by atoms with Crippen molar-refractivity contribution in [3.8, 4) is 11.5 Å². The van der Waals surface area contributed by atoms with Gasteiger partial charge in [0.15, 0.2) is 17.3 Å². The number of hydrogen-bond donors (Lipinski definition) is 1. The molecule has 0 fully saturated rings. The first kappa shape index (κ1) is 19.3. The Morgan fingerprint density at radius 3 is 2.48 bits per heavy atom. The van der Waals surface area contributed by atoms with E-state index in [1.165, 1.54) is 12.1 Å². The number of benzene rings is 2. The molecule has 1 atom stereocenters. The summed E-state index contributed by atoms with van der Waals surface area (Å²) in [7, 11) is -3.50. The maximum atomic E-state index is 13.8. The van der Waals surface area contributed by atoms with Gasteiger partial charge in [-0.3, -0.25) is 0 Å². The number of nitrogens with two attached hydrogens (primary N) is 1. The number of hydrogen-bond acceptors (Lipinski definition) is 4. The summed E-state index contributed by atoms with van der Waals surface area (Å²) in [5, 5.41) is 0. The molecule has 1 heterocycles. The Labute approximate surface area is 158 Å². The molecule has 1 aliphatic rings. The molecule has 142 valence electrons. The Kier molecular flexibility index (Phi) is 5.46. The molecule has 1 aliphatic heterocycles. The van der Waals surface area contributed by atoms with Crippen molar-refractivity contribution >= 4 is 15.7 Å². The van der Waals surface area contributed by atoms with Crippen molar-refractivity contribution in [2.45, 2.75) is 6.92 Å². The van der Waals surface area contributed by atoms with E-state index < -0.39 is 15.8 Å². The van der Waals surface area contributed by atoms with Crippen LogP contribution in [-0.4, -0.2) is 27.3 Å². The molecule has 1 unspecified atom stereocenters. The average molecular weight is 389 g/mol. The summed E-state index contributed by atoms with van der Waals surface area (Å²) < 4.78 is 44.8. The SMILES string of the molecule is CCS(=O)(=O)[N+]1(c2ccc(Oc3ccccc3F)cc2)C=C(CN)C=CC1. The van der Waals surface area contributed by atoms with Crippen molar-refractivity contribution in [3.63, 3.8) is 0 Å². The minimum atomic E-state index is -3.50. The number of nitrogens with zero attached hydrogens (tertiary/aromatic N) is 1. The van der Waals surface area contributed by atoms with Gasteiger partial charge >= 0.3 is 10.0 Å². The summed E-state index contributed by atoms with van der Waals surface area (Å²) in [6.07, 6.45) is 5.35. The van der Waals surface area contributed by atoms with Crippen LogP contribution in [0.2, 0.25) is 0 Å². The average Bonchev–Trinajstić information content (AvgIpc) is 2.70. The van der Waals surface area contributed by atoms with Gasteiger partial charge in [-0.15, -0.1) is 0 Å². The van der Waals surface area contributed by atoms with Gasteiger partial charge in [0.1, 0.15) is 18.5 Å². The lowest BCUT2D eigenvalue weighted by molar-refractivity contribution is 0.442. The highest BCUT2D eigenvalue weighted by atomic mass is 32.2. The molecule has 3 rings (SSSR count). The molecule has 0 amide bonds. The zero-order chi connectivity index (χ0) is 19.5. The van der Waals surface area contributed by atoms with Crippen LogP contribution in [0, 0.1) is 5.82 Å². The lowest BCUT2D eigenvalue weighted by atomic mass is 10.2. The Balaban J connectivity index is 1.99. The number of halogens is 1. The molecule has 0 spiro atoms. The highest BCUT2D eigenvalue weighted by molar-refractivity contribution is 7.91. The molecule has 27 heavy (non-hydrogen) atoms. The number of ether oxygens (including phenoxy) is 1. The Hall–Kier alpha value is -2.48. The normalized spacial score (nSPS) is 19.6. The fraction of sp³-hybridized carbons (Fsp3) is 0.200. The van der Waals surface area contributed by atoms with Crippen molar-refractivity contribution in [2.75, 3.05) is 18.8 Å². The minimum absolute atomic E-state index is 0.0112. The monoisotopic (exact) mass is 389 g/mol. The van der Waals surface area contributed by atoms with Crippen LogP contribution >= 0.6 is 0 Å². The van der Waals surface area contributed by atoms with E-state index in [0.717, 1.165) is 5.57 Å². The predicted molar refractivity (Wildman–Crippen MR) is 105 cm³/mol. The molecule has 0 aliphatic carbocycles. The molecule has 0 saturated heterocycles. The highest BCUT2D eigenvalue weighted by Gasteiger charge is 2.42. The van der Waals surface area contributed by atoms with E-state index in [1.54, 1.807) is 49.5 Å². The summed E-state index contributed by atoms with van der Waals surface area (Å²) in [5.41, 5.74) is 7.06. The first-order valence-corrected chi connectivity index (χ1v) is 10.2. The van der Waals surface area contributed by atoms with Gasteiger partial charge < -0.3 is 10.5 Å². The molecule has 2 aromatic carbocycles. The Morgan fingerprint density at radius 2 is 1.85 bits per heavy atom. The van der Waals surface area contributed by atoms with Gasteiger partial charge in [0.25, 0.3) is 0 Å². The maximum Gasteiger partial charge on any atom is 0.306 e. The molecule has 0 radical (unpaired) electrons. The number of quaternary nitrogens is 1. The first-order chi connectivity index (χ1) is 12.9. The number of sulfonamides is 1. The summed E-state index contributed by atoms with van der Waals surface area (Å²) >= 11 is 0. The van der Waals surface area contributed by atoms with Crippen LogP contribution in [-0.2, 0) is 10.0 Å². The summed E-state index contributed by atoms with van der Waals surface area (Å²) in [5.74, 6) is 0.0613. The fourth-order valence-electron chi connectivity index (χ4n) is 3.03. The standard InChI is InChI=1S/C20H22FN2O3S/c1-2-27(24,25)23(13-5-6-16(14-22)15-23)17-9-11-18(12-10-17)26-20-8-4-3-7-19(20)21/h3-12,15H,2,13-14,22H2,1H3/q+1. The van der Waals surface area contributed by atoms with Crippen LogP contribution < -0.4 is 14.4 Å². The topological polar surface area (TPSA) is 69.4 Å². The van der Waals surface area contributed by atoms with Gasteiger partial charge in [0, 0.05) is 24.3 Å². The largest absolute Gasteiger partial charge is 0.454 e. The van der Waals surface area contributed by atoms with Crippen molar-refractivity contribution in [3.05, 3.63) is 78.3 Å². The van der Waals surface area contributed by atoms with E-state index >= 15 is 0 Å². The summed E-state index contributed by atoms with van der Waals surface area (Å²) in [6, 6.07) is 12.8. The summed E-state index contributed by atoms with van der Waals surface area (Å²) in [4.78, 5) is 0. The van der Waals surface area contributed by atoms with Gasteiger partial charge in [-0.2, -0.15) is 12.3 Å². The van der Waals surface area contributed by atoms with E-state index in [9.17, 15) is 12.8 Å². The van der Waals surface area contributed by atoms with E-state index in [2.05, 4.69) is 0 Å². The Morgan fingerprint density at radius 1 is 1.15 bits per heavy atom. The zero-order valence-corrected chi connectivity index (χ0v) is 15.8. The summed E-state index contributed by atoms with van der Waals surface area (Å²) in [6.45, 7) is 2.16. The second kappa shape index (κ2) is 7.64. The molecule has 2 N–H and O–H groups in total. The van der Waals surface area contributed by atoms with E-state index in [1.807, 2.05) is 12.2 Å². The quantitative estimate of drug-likeness (QED) is 0.765. The van der Waals surface area contributed by atoms with Gasteiger partial charge in [0.2, 0.25) is 0 Å². The van der Waals surface area contributed by atoms with Gasteiger partial charge in [-0.25, -0.2) is 4.39 Å². The number of rotatable bonds is 6. The van der Waals surface area contributed by atoms with E-state index in [4.69, 9.17) is 10.5 Å². The lowest BCUT2D eigenvalue weighted by Gasteiger charge is -2.34. The molecule has 0 bridgehead atoms. The molecule has 2 aromatic rings. The van der Waals surface area contributed by atoms with Crippen molar-refractivity contribution in [1.29, 1.82) is 0 Å². The second-order valence-corrected chi connectivity index (χ2v) is 8.58. The molecule has 5 nitrogen and oxygen atoms in total. The van der Waals surface area contributed by atoms with Crippen LogP contribution in [0.5, 0.6) is 11.5 Å². The molecular weight excluding hydrogens is 367 g/mol. The minimum Gasteiger partial charge on any atom is -0.454 e. The second-order valence-electron chi connectivity index (χ2n) is 6.19. The van der Waals surface area contributed by atoms with Crippen LogP contribution in [0.3, 0.4) is 0 Å². The maximum absolute atomic E-state index is 13.8. The molecular formula is C20H22FN2O3S+. The van der Waals surface area contributed by atoms with Crippen LogP contribution in [0.25, 0.3) is 0 Å². The van der Waals surface area contributed by atoms with Gasteiger partial charge in [0.05, 0.1) is 5.75 Å². The smallest absolute Gasteiger partial charge is 0.306 e. The highest BCUT2D eigenvalue weighted by Crippen LogP contribution is 2.34. The van der Waals surface area contributed by atoms with E-state index in [-0.39, 0.29) is 28.5 Å². The van der Waals surface area contributed by atoms with Gasteiger partial charge in [-0.1, -0.05) is 18.2 Å². The third kappa shape index (κ3) is 3.66. The fourth-order valence-corrected chi connectivity index (χ4v) is 4.54. The first-order valence-electron chi connectivity index (χ1n) is 8.64. The lowest BCUT2D eigenvalue weighted by Crippen LogP contribution is -2.51. The van der Waals surface area contributed by atoms with Crippen LogP contribution in [0.15, 0.2) is 72.5 Å².